The van der Waals surface area contributed by atoms with E-state index < -0.39 is 11.9 Å². The normalized spacial score (nSPS) is 19.8. The smallest absolute Gasteiger partial charge is 0.254 e. The molecule has 0 unspecified atom stereocenters. The molecule has 6 nitrogen and oxygen atoms in total. The van der Waals surface area contributed by atoms with Gasteiger partial charge in [-0.2, -0.15) is 0 Å². The number of primary amides is 1. The standard InChI is InChI=1S/C23H25N3O3/c24-21(27)16-10-12-17(13-11-16)23(29)26-14-18-8-4-5-9-19(18)25-22(28)20(26)15-6-2-1-3-7-15/h4-5,8-13,15,20H,1-3,6-7,14H2,(H2,24,27)(H,25,28)/t20-/m0/s1. The Morgan fingerprint density at radius 3 is 2.28 bits per heavy atom. The monoisotopic (exact) mass is 391 g/mol. The van der Waals surface area contributed by atoms with E-state index in [0.29, 0.717) is 17.7 Å². The summed E-state index contributed by atoms with van der Waals surface area (Å²) in [7, 11) is 0. The second-order valence-electron chi connectivity index (χ2n) is 7.86. The van der Waals surface area contributed by atoms with E-state index in [1.807, 2.05) is 24.3 Å². The largest absolute Gasteiger partial charge is 0.366 e. The van der Waals surface area contributed by atoms with Crippen LogP contribution in [-0.2, 0) is 11.3 Å². The quantitative estimate of drug-likeness (QED) is 0.840. The molecular weight excluding hydrogens is 366 g/mol. The maximum absolute atomic E-state index is 13.5. The van der Waals surface area contributed by atoms with Crippen molar-refractivity contribution in [2.75, 3.05) is 5.32 Å². The average Bonchev–Trinajstić information content (AvgIpc) is 2.89. The highest BCUT2D eigenvalue weighted by Crippen LogP contribution is 2.34. The maximum atomic E-state index is 13.5. The van der Waals surface area contributed by atoms with Crippen LogP contribution in [0.15, 0.2) is 48.5 Å². The van der Waals surface area contributed by atoms with E-state index in [4.69, 9.17) is 5.73 Å². The van der Waals surface area contributed by atoms with E-state index in [9.17, 15) is 14.4 Å². The molecule has 1 saturated carbocycles. The molecule has 150 valence electrons. The van der Waals surface area contributed by atoms with Crippen LogP contribution < -0.4 is 11.1 Å². The van der Waals surface area contributed by atoms with Gasteiger partial charge in [0, 0.05) is 23.4 Å². The van der Waals surface area contributed by atoms with Gasteiger partial charge in [0.05, 0.1) is 0 Å². The third-order valence-electron chi connectivity index (χ3n) is 5.99. The van der Waals surface area contributed by atoms with Gasteiger partial charge in [0.15, 0.2) is 0 Å². The number of fused-ring (bicyclic) bond motifs is 1. The van der Waals surface area contributed by atoms with Crippen molar-refractivity contribution in [1.29, 1.82) is 0 Å². The first-order valence-corrected chi connectivity index (χ1v) is 10.1. The van der Waals surface area contributed by atoms with Crippen molar-refractivity contribution < 1.29 is 14.4 Å². The summed E-state index contributed by atoms with van der Waals surface area (Å²) in [5, 5.41) is 3.04. The number of carbonyl (C=O) groups is 3. The minimum atomic E-state index is -0.535. The highest BCUT2D eigenvalue weighted by molar-refractivity contribution is 6.03. The second-order valence-corrected chi connectivity index (χ2v) is 7.86. The number of hydrogen-bond donors (Lipinski definition) is 2. The predicted octanol–water partition coefficient (Wildman–Crippen LogP) is 3.33. The zero-order chi connectivity index (χ0) is 20.4. The van der Waals surface area contributed by atoms with Gasteiger partial charge in [0.2, 0.25) is 11.8 Å². The molecule has 2 aromatic rings. The molecule has 1 fully saturated rings. The van der Waals surface area contributed by atoms with Crippen molar-refractivity contribution in [3.63, 3.8) is 0 Å². The summed E-state index contributed by atoms with van der Waals surface area (Å²) in [4.78, 5) is 39.7. The predicted molar refractivity (Wildman–Crippen MR) is 110 cm³/mol. The van der Waals surface area contributed by atoms with Crippen LogP contribution in [0.4, 0.5) is 5.69 Å². The third-order valence-corrected chi connectivity index (χ3v) is 5.99. The van der Waals surface area contributed by atoms with Gasteiger partial charge < -0.3 is 16.0 Å². The van der Waals surface area contributed by atoms with Crippen molar-refractivity contribution in [1.82, 2.24) is 4.90 Å². The average molecular weight is 391 g/mol. The van der Waals surface area contributed by atoms with Crippen molar-refractivity contribution in [2.24, 2.45) is 11.7 Å². The minimum Gasteiger partial charge on any atom is -0.366 e. The lowest BCUT2D eigenvalue weighted by Gasteiger charge is -2.36. The fraction of sp³-hybridized carbons (Fsp3) is 0.348. The Bertz CT molecular complexity index is 933. The van der Waals surface area contributed by atoms with Gasteiger partial charge in [-0.05, 0) is 54.7 Å². The molecule has 3 N–H and O–H groups in total. The van der Waals surface area contributed by atoms with Crippen LogP contribution in [0.2, 0.25) is 0 Å². The van der Waals surface area contributed by atoms with Crippen LogP contribution in [0.5, 0.6) is 0 Å². The zero-order valence-corrected chi connectivity index (χ0v) is 16.3. The molecule has 29 heavy (non-hydrogen) atoms. The molecule has 4 rings (SSSR count). The molecule has 0 spiro atoms. The van der Waals surface area contributed by atoms with Crippen LogP contribution in [0.1, 0.15) is 58.4 Å². The molecule has 2 aliphatic rings. The van der Waals surface area contributed by atoms with Crippen molar-refractivity contribution >= 4 is 23.4 Å². The SMILES string of the molecule is NC(=O)c1ccc(C(=O)N2Cc3ccccc3NC(=O)[C@@H]2C2CCCCC2)cc1. The fourth-order valence-corrected chi connectivity index (χ4v) is 4.47. The molecule has 1 heterocycles. The number of amides is 3. The van der Waals surface area contributed by atoms with E-state index in [0.717, 1.165) is 36.9 Å². The molecule has 1 atom stereocenters. The number of hydrogen-bond acceptors (Lipinski definition) is 3. The first-order valence-electron chi connectivity index (χ1n) is 10.1. The molecule has 0 saturated heterocycles. The Kier molecular flexibility index (Phi) is 5.34. The summed E-state index contributed by atoms with van der Waals surface area (Å²) in [5.41, 5.74) is 7.79. The summed E-state index contributed by atoms with van der Waals surface area (Å²) >= 11 is 0. The number of anilines is 1. The van der Waals surface area contributed by atoms with E-state index in [-0.39, 0.29) is 17.7 Å². The molecular formula is C23H25N3O3. The van der Waals surface area contributed by atoms with Crippen LogP contribution >= 0.6 is 0 Å². The van der Waals surface area contributed by atoms with Gasteiger partial charge in [-0.25, -0.2) is 0 Å². The molecule has 3 amide bonds. The van der Waals surface area contributed by atoms with Crippen molar-refractivity contribution in [2.45, 2.75) is 44.7 Å². The molecule has 0 radical (unpaired) electrons. The zero-order valence-electron chi connectivity index (χ0n) is 16.3. The lowest BCUT2D eigenvalue weighted by atomic mass is 9.82. The highest BCUT2D eigenvalue weighted by atomic mass is 16.2. The lowest BCUT2D eigenvalue weighted by molar-refractivity contribution is -0.122. The Labute approximate surface area is 170 Å². The maximum Gasteiger partial charge on any atom is 0.254 e. The number of nitrogens with one attached hydrogen (secondary N) is 1. The summed E-state index contributed by atoms with van der Waals surface area (Å²) in [6.07, 6.45) is 5.22. The van der Waals surface area contributed by atoms with Crippen LogP contribution in [0.3, 0.4) is 0 Å². The fourth-order valence-electron chi connectivity index (χ4n) is 4.47. The van der Waals surface area contributed by atoms with Crippen LogP contribution in [0, 0.1) is 5.92 Å². The number of nitrogens with zero attached hydrogens (tertiary/aromatic N) is 1. The third kappa shape index (κ3) is 3.88. The minimum absolute atomic E-state index is 0.121. The van der Waals surface area contributed by atoms with Gasteiger partial charge in [-0.1, -0.05) is 37.5 Å². The number of carbonyl (C=O) groups excluding carboxylic acids is 3. The summed E-state index contributed by atoms with van der Waals surface area (Å²) in [5.74, 6) is -0.716. The van der Waals surface area contributed by atoms with Crippen molar-refractivity contribution in [3.05, 3.63) is 65.2 Å². The van der Waals surface area contributed by atoms with Gasteiger partial charge in [-0.15, -0.1) is 0 Å². The van der Waals surface area contributed by atoms with Crippen LogP contribution in [-0.4, -0.2) is 28.7 Å². The summed E-state index contributed by atoms with van der Waals surface area (Å²) < 4.78 is 0. The van der Waals surface area contributed by atoms with E-state index in [2.05, 4.69) is 5.32 Å². The molecule has 1 aliphatic heterocycles. The van der Waals surface area contributed by atoms with Gasteiger partial charge in [0.1, 0.15) is 6.04 Å². The molecule has 6 heteroatoms. The highest BCUT2D eigenvalue weighted by Gasteiger charge is 2.39. The lowest BCUT2D eigenvalue weighted by Crippen LogP contribution is -2.50. The van der Waals surface area contributed by atoms with Crippen LogP contribution in [0.25, 0.3) is 0 Å². The first kappa shape index (κ1) is 19.2. The number of rotatable bonds is 3. The number of benzene rings is 2. The van der Waals surface area contributed by atoms with Gasteiger partial charge >= 0.3 is 0 Å². The van der Waals surface area contributed by atoms with Gasteiger partial charge in [0.25, 0.3) is 5.91 Å². The second kappa shape index (κ2) is 8.07. The summed E-state index contributed by atoms with van der Waals surface area (Å²) in [6.45, 7) is 0.368. The Morgan fingerprint density at radius 2 is 1.59 bits per heavy atom. The molecule has 1 aliphatic carbocycles. The van der Waals surface area contributed by atoms with Crippen molar-refractivity contribution in [3.8, 4) is 0 Å². The summed E-state index contributed by atoms with van der Waals surface area (Å²) in [6, 6.07) is 13.4. The Balaban J connectivity index is 1.71. The van der Waals surface area contributed by atoms with E-state index in [1.54, 1.807) is 29.2 Å². The molecule has 0 aromatic heterocycles. The van der Waals surface area contributed by atoms with Gasteiger partial charge in [-0.3, -0.25) is 14.4 Å². The first-order chi connectivity index (χ1) is 14.0. The van der Waals surface area contributed by atoms with E-state index >= 15 is 0 Å². The molecule has 0 bridgehead atoms. The number of nitrogens with two attached hydrogens (primary N) is 1. The Hall–Kier alpha value is -3.15. The Morgan fingerprint density at radius 1 is 0.931 bits per heavy atom. The molecule has 2 aromatic carbocycles. The topological polar surface area (TPSA) is 92.5 Å². The number of para-hydroxylation sites is 1. The van der Waals surface area contributed by atoms with E-state index in [1.165, 1.54) is 6.42 Å².